The topological polar surface area (TPSA) is 0 Å². The van der Waals surface area contributed by atoms with Crippen molar-refractivity contribution >= 4 is 33.0 Å². The first-order valence-corrected chi connectivity index (χ1v) is 6.78. The van der Waals surface area contributed by atoms with E-state index in [0.29, 0.717) is 9.58 Å². The molecule has 18 heavy (non-hydrogen) atoms. The molecule has 0 nitrogen and oxygen atoms in total. The molecule has 2 rings (SSSR count). The van der Waals surface area contributed by atoms with Gasteiger partial charge in [-0.3, -0.25) is 0 Å². The molecular formula is C13H15ClF3S+. The summed E-state index contributed by atoms with van der Waals surface area (Å²) in [6, 6.07) is 7.11. The third kappa shape index (κ3) is 2.81. The molecule has 100 valence electrons. The van der Waals surface area contributed by atoms with Gasteiger partial charge in [-0.1, -0.05) is 19.4 Å². The lowest BCUT2D eigenvalue weighted by molar-refractivity contribution is -0.0867. The SMILES string of the molecule is CCCc1ccc2cc(C)[s+](C(F)(F)F)c2c1.Cl. The van der Waals surface area contributed by atoms with Crippen molar-refractivity contribution in [2.75, 3.05) is 0 Å². The Labute approximate surface area is 113 Å². The number of alkyl halides is 3. The van der Waals surface area contributed by atoms with Crippen LogP contribution in [0.5, 0.6) is 0 Å². The minimum absolute atomic E-state index is 0. The predicted octanol–water partition coefficient (Wildman–Crippen LogP) is 5.75. The molecule has 1 atom stereocenters. The Balaban J connectivity index is 0.00000162. The van der Waals surface area contributed by atoms with Gasteiger partial charge in [0, 0.05) is 24.4 Å². The maximum atomic E-state index is 13.0. The quantitative estimate of drug-likeness (QED) is 0.619. The highest BCUT2D eigenvalue weighted by atomic mass is 35.5. The third-order valence-corrected chi connectivity index (χ3v) is 4.77. The summed E-state index contributed by atoms with van der Waals surface area (Å²) in [6.07, 6.45) is 1.78. The second-order valence-electron chi connectivity index (χ2n) is 4.13. The lowest BCUT2D eigenvalue weighted by Gasteiger charge is -1.99. The van der Waals surface area contributed by atoms with Gasteiger partial charge in [0.1, 0.15) is 0 Å². The molecule has 5 heteroatoms. The Hall–Kier alpha value is -0.740. The van der Waals surface area contributed by atoms with Crippen molar-refractivity contribution in [2.24, 2.45) is 0 Å². The Morgan fingerprint density at radius 1 is 1.17 bits per heavy atom. The first-order chi connectivity index (χ1) is 7.93. The maximum absolute atomic E-state index is 13.0. The highest BCUT2D eigenvalue weighted by Crippen LogP contribution is 2.50. The van der Waals surface area contributed by atoms with Crippen molar-refractivity contribution in [3.63, 3.8) is 0 Å². The highest BCUT2D eigenvalue weighted by molar-refractivity contribution is 7.38. The van der Waals surface area contributed by atoms with Crippen LogP contribution in [0.3, 0.4) is 0 Å². The number of fused-ring (bicyclic) bond motifs is 1. The van der Waals surface area contributed by atoms with Gasteiger partial charge in [-0.25, -0.2) is 0 Å². The van der Waals surface area contributed by atoms with Crippen molar-refractivity contribution in [3.05, 3.63) is 34.7 Å². The highest BCUT2D eigenvalue weighted by Gasteiger charge is 2.46. The first kappa shape index (κ1) is 15.3. The number of halogens is 4. The van der Waals surface area contributed by atoms with Crippen LogP contribution in [-0.2, 0) is 11.9 Å². The van der Waals surface area contributed by atoms with Crippen LogP contribution in [0.4, 0.5) is 13.2 Å². The average molecular weight is 296 g/mol. The summed E-state index contributed by atoms with van der Waals surface area (Å²) in [5.74, 6) is 0. The minimum Gasteiger partial charge on any atom is -0.147 e. The molecule has 0 aliphatic heterocycles. The molecule has 0 saturated heterocycles. The average Bonchev–Trinajstić information content (AvgIpc) is 2.53. The van der Waals surface area contributed by atoms with Crippen LogP contribution in [0.2, 0.25) is 0 Å². The van der Waals surface area contributed by atoms with Crippen LogP contribution in [0.15, 0.2) is 24.3 Å². The summed E-state index contributed by atoms with van der Waals surface area (Å²) in [5.41, 5.74) is -3.16. The van der Waals surface area contributed by atoms with Crippen LogP contribution < -0.4 is 0 Å². The number of thiophene rings is 1. The van der Waals surface area contributed by atoms with Gasteiger partial charge in [0.25, 0.3) is 0 Å². The van der Waals surface area contributed by atoms with Crippen molar-refractivity contribution < 1.29 is 13.2 Å². The Morgan fingerprint density at radius 3 is 2.39 bits per heavy atom. The van der Waals surface area contributed by atoms with Gasteiger partial charge >= 0.3 is 5.51 Å². The fourth-order valence-corrected chi connectivity index (χ4v) is 3.92. The fourth-order valence-electron chi connectivity index (χ4n) is 2.08. The molecule has 0 spiro atoms. The van der Waals surface area contributed by atoms with Gasteiger partial charge in [0.2, 0.25) is 0 Å². The smallest absolute Gasteiger partial charge is 0.147 e. The summed E-state index contributed by atoms with van der Waals surface area (Å²) in [6.45, 7) is 3.59. The van der Waals surface area contributed by atoms with Gasteiger partial charge in [-0.05, 0) is 18.1 Å². The molecule has 1 aromatic carbocycles. The monoisotopic (exact) mass is 295 g/mol. The molecule has 0 saturated carbocycles. The van der Waals surface area contributed by atoms with Crippen LogP contribution in [0, 0.1) is 6.92 Å². The van der Waals surface area contributed by atoms with Crippen LogP contribution >= 0.6 is 22.9 Å². The number of benzene rings is 1. The summed E-state index contributed by atoms with van der Waals surface area (Å²) in [7, 11) is -1.72. The van der Waals surface area contributed by atoms with Gasteiger partial charge in [0.15, 0.2) is 9.58 Å². The van der Waals surface area contributed by atoms with E-state index in [4.69, 9.17) is 0 Å². The molecular weight excluding hydrogens is 281 g/mol. The molecule has 1 heterocycles. The van der Waals surface area contributed by atoms with E-state index in [9.17, 15) is 13.2 Å². The summed E-state index contributed by atoms with van der Waals surface area (Å²) < 4.78 is 39.4. The zero-order valence-corrected chi connectivity index (χ0v) is 11.8. The zero-order chi connectivity index (χ0) is 12.6. The Kier molecular flexibility index (Phi) is 4.67. The van der Waals surface area contributed by atoms with E-state index < -0.39 is 16.0 Å². The summed E-state index contributed by atoms with van der Waals surface area (Å²) >= 11 is 0. The molecule has 0 fully saturated rings. The molecule has 1 unspecified atom stereocenters. The molecule has 0 amide bonds. The molecule has 0 N–H and O–H groups in total. The van der Waals surface area contributed by atoms with Crippen molar-refractivity contribution in [2.45, 2.75) is 32.2 Å². The number of aryl methyl sites for hydroxylation is 2. The maximum Gasteiger partial charge on any atom is 0.600 e. The minimum atomic E-state index is -4.16. The molecule has 0 radical (unpaired) electrons. The van der Waals surface area contributed by atoms with E-state index in [1.165, 1.54) is 0 Å². The van der Waals surface area contributed by atoms with Crippen molar-refractivity contribution in [1.29, 1.82) is 0 Å². The summed E-state index contributed by atoms with van der Waals surface area (Å²) in [5, 5.41) is 0.725. The Bertz CT molecular complexity index is 543. The number of hydrogen-bond donors (Lipinski definition) is 0. The van der Waals surface area contributed by atoms with Gasteiger partial charge in [0.05, 0.1) is 10.5 Å². The normalized spacial score (nSPS) is 12.6. The van der Waals surface area contributed by atoms with Gasteiger partial charge in [-0.15, -0.1) is 25.6 Å². The number of rotatable bonds is 2. The van der Waals surface area contributed by atoms with E-state index in [1.54, 1.807) is 19.1 Å². The third-order valence-electron chi connectivity index (χ3n) is 2.75. The second kappa shape index (κ2) is 5.49. The predicted molar refractivity (Wildman–Crippen MR) is 73.7 cm³/mol. The molecule has 0 bridgehead atoms. The van der Waals surface area contributed by atoms with Crippen LogP contribution in [0.1, 0.15) is 23.8 Å². The van der Waals surface area contributed by atoms with Gasteiger partial charge in [-0.2, -0.15) is 0 Å². The lowest BCUT2D eigenvalue weighted by atomic mass is 10.1. The molecule has 1 aromatic heterocycles. The van der Waals surface area contributed by atoms with Crippen molar-refractivity contribution in [1.82, 2.24) is 0 Å². The van der Waals surface area contributed by atoms with E-state index in [2.05, 4.69) is 0 Å². The van der Waals surface area contributed by atoms with Gasteiger partial charge < -0.3 is 0 Å². The largest absolute Gasteiger partial charge is 0.600 e. The van der Waals surface area contributed by atoms with Crippen molar-refractivity contribution in [3.8, 4) is 0 Å². The Morgan fingerprint density at radius 2 is 1.83 bits per heavy atom. The fraction of sp³-hybridized carbons (Fsp3) is 0.385. The summed E-state index contributed by atoms with van der Waals surface area (Å²) in [4.78, 5) is 0.418. The lowest BCUT2D eigenvalue weighted by Crippen LogP contribution is -1.96. The standard InChI is InChI=1S/C13H14F3S.ClH/c1-3-4-10-5-6-11-7-9(2)17(12(11)8-10)13(14,15)16;/h5-8H,3-4H2,1-2H3;1H/q+1;. The van der Waals surface area contributed by atoms with E-state index in [0.717, 1.165) is 23.8 Å². The van der Waals surface area contributed by atoms with Crippen LogP contribution in [0.25, 0.3) is 10.1 Å². The first-order valence-electron chi connectivity index (χ1n) is 5.56. The second-order valence-corrected chi connectivity index (χ2v) is 6.29. The van der Waals surface area contributed by atoms with E-state index >= 15 is 0 Å². The van der Waals surface area contributed by atoms with E-state index in [-0.39, 0.29) is 12.4 Å². The molecule has 0 aliphatic rings. The van der Waals surface area contributed by atoms with Crippen LogP contribution in [-0.4, -0.2) is 0 Å². The number of hydrogen-bond acceptors (Lipinski definition) is 0. The van der Waals surface area contributed by atoms with E-state index in [1.807, 2.05) is 19.1 Å². The molecule has 2 aromatic rings. The zero-order valence-electron chi connectivity index (χ0n) is 10.2. The molecule has 0 aliphatic carbocycles.